The average Bonchev–Trinajstić information content (AvgIpc) is 3.81. The molecule has 12 aromatic rings. The Morgan fingerprint density at radius 1 is 0.389 bits per heavy atom. The third-order valence-corrected chi connectivity index (χ3v) is 12.3. The third-order valence-electron chi connectivity index (χ3n) is 11.2. The zero-order valence-electron chi connectivity index (χ0n) is 29.0. The van der Waals surface area contributed by atoms with Crippen LogP contribution in [0, 0.1) is 0 Å². The van der Waals surface area contributed by atoms with Crippen molar-refractivity contribution < 1.29 is 0 Å². The molecule has 0 saturated heterocycles. The van der Waals surface area contributed by atoms with Gasteiger partial charge in [-0.05, 0) is 56.3 Å². The van der Waals surface area contributed by atoms with Gasteiger partial charge < -0.3 is 0 Å². The monoisotopic (exact) mass is 703 g/mol. The van der Waals surface area contributed by atoms with E-state index in [1.807, 2.05) is 11.3 Å². The lowest BCUT2D eigenvalue weighted by Crippen LogP contribution is -2.04. The molecule has 9 aromatic carbocycles. The molecule has 0 aliphatic heterocycles. The van der Waals surface area contributed by atoms with Crippen LogP contribution in [0.25, 0.3) is 114 Å². The van der Waals surface area contributed by atoms with Crippen LogP contribution in [0.2, 0.25) is 0 Å². The first-order valence-electron chi connectivity index (χ1n) is 18.3. The number of benzene rings is 9. The van der Waals surface area contributed by atoms with Gasteiger partial charge in [0, 0.05) is 42.6 Å². The number of fused-ring (bicyclic) bond motifs is 16. The first-order valence-corrected chi connectivity index (χ1v) is 19.2. The number of nitrogens with zero attached hydrogens (tertiary/aromatic N) is 3. The molecule has 0 aliphatic carbocycles. The topological polar surface area (TPSA) is 30.7 Å². The minimum absolute atomic E-state index is 0.670. The van der Waals surface area contributed by atoms with Crippen LogP contribution in [0.4, 0.5) is 0 Å². The van der Waals surface area contributed by atoms with Gasteiger partial charge in [-0.2, -0.15) is 0 Å². The second-order valence-electron chi connectivity index (χ2n) is 14.1. The summed E-state index contributed by atoms with van der Waals surface area (Å²) in [4.78, 5) is 11.3. The van der Waals surface area contributed by atoms with E-state index in [9.17, 15) is 0 Å². The second kappa shape index (κ2) is 11.3. The summed E-state index contributed by atoms with van der Waals surface area (Å²) < 4.78 is 4.88. The van der Waals surface area contributed by atoms with E-state index >= 15 is 0 Å². The Balaban J connectivity index is 1.33. The number of hydrogen-bond acceptors (Lipinski definition) is 3. The van der Waals surface area contributed by atoms with Gasteiger partial charge in [0.15, 0.2) is 0 Å². The highest BCUT2D eigenvalue weighted by Crippen LogP contribution is 2.49. The Hall–Kier alpha value is -6.88. The van der Waals surface area contributed by atoms with Crippen LogP contribution in [0.5, 0.6) is 0 Å². The molecular weight excluding hydrogens is 675 g/mol. The van der Waals surface area contributed by atoms with Crippen LogP contribution in [0.3, 0.4) is 0 Å². The summed E-state index contributed by atoms with van der Waals surface area (Å²) in [5, 5.41) is 13.2. The second-order valence-corrected chi connectivity index (χ2v) is 15.1. The molecule has 0 amide bonds. The van der Waals surface area contributed by atoms with Crippen molar-refractivity contribution in [3.8, 4) is 28.3 Å². The van der Waals surface area contributed by atoms with Gasteiger partial charge in [-0.1, -0.05) is 158 Å². The lowest BCUT2D eigenvalue weighted by Gasteiger charge is -2.16. The summed E-state index contributed by atoms with van der Waals surface area (Å²) in [7, 11) is 0. The molecule has 0 saturated carbocycles. The van der Waals surface area contributed by atoms with E-state index in [1.165, 1.54) is 63.6 Å². The molecule has 3 aromatic heterocycles. The molecule has 0 unspecified atom stereocenters. The Kier molecular flexibility index (Phi) is 6.21. The van der Waals surface area contributed by atoms with Crippen molar-refractivity contribution in [3.05, 3.63) is 176 Å². The van der Waals surface area contributed by atoms with Gasteiger partial charge in [0.2, 0.25) is 5.95 Å². The maximum absolute atomic E-state index is 5.66. The quantitative estimate of drug-likeness (QED) is 0.172. The first-order chi connectivity index (χ1) is 26.8. The Morgan fingerprint density at radius 2 is 0.944 bits per heavy atom. The van der Waals surface area contributed by atoms with E-state index < -0.39 is 0 Å². The Bertz CT molecular complexity index is 3490. The molecule has 4 heteroatoms. The van der Waals surface area contributed by atoms with Crippen molar-refractivity contribution in [1.29, 1.82) is 0 Å². The maximum atomic E-state index is 5.66. The van der Waals surface area contributed by atoms with Gasteiger partial charge in [0.05, 0.1) is 26.9 Å². The first kappa shape index (κ1) is 29.7. The van der Waals surface area contributed by atoms with Crippen molar-refractivity contribution in [2.75, 3.05) is 0 Å². The summed E-state index contributed by atoms with van der Waals surface area (Å²) >= 11 is 1.86. The molecule has 0 atom stereocenters. The maximum Gasteiger partial charge on any atom is 0.235 e. The van der Waals surface area contributed by atoms with Crippen LogP contribution in [-0.4, -0.2) is 14.5 Å². The van der Waals surface area contributed by atoms with Crippen molar-refractivity contribution >= 4 is 96.5 Å². The molecule has 0 spiro atoms. The van der Waals surface area contributed by atoms with E-state index in [1.54, 1.807) is 0 Å². The molecule has 3 heterocycles. The lowest BCUT2D eigenvalue weighted by atomic mass is 9.94. The molecular formula is C50H29N3S. The highest BCUT2D eigenvalue weighted by molar-refractivity contribution is 7.27. The zero-order chi connectivity index (χ0) is 35.3. The summed E-state index contributed by atoms with van der Waals surface area (Å²) in [5.41, 5.74) is 7.57. The Morgan fingerprint density at radius 3 is 1.67 bits per heavy atom. The average molecular weight is 704 g/mol. The van der Waals surface area contributed by atoms with Gasteiger partial charge >= 0.3 is 0 Å². The molecule has 0 fully saturated rings. The smallest absolute Gasteiger partial charge is 0.235 e. The predicted octanol–water partition coefficient (Wildman–Crippen LogP) is 13.9. The summed E-state index contributed by atoms with van der Waals surface area (Å²) in [6.07, 6.45) is 0. The fourth-order valence-corrected chi connectivity index (χ4v) is 10.1. The van der Waals surface area contributed by atoms with E-state index in [0.29, 0.717) is 5.95 Å². The minimum Gasteiger partial charge on any atom is -0.276 e. The summed E-state index contributed by atoms with van der Waals surface area (Å²) in [6, 6.07) is 63.3. The molecule has 3 nitrogen and oxygen atoms in total. The van der Waals surface area contributed by atoms with Crippen LogP contribution in [0.1, 0.15) is 0 Å². The highest BCUT2D eigenvalue weighted by atomic mass is 32.1. The highest BCUT2D eigenvalue weighted by Gasteiger charge is 2.25. The van der Waals surface area contributed by atoms with Gasteiger partial charge in [0.25, 0.3) is 0 Å². The van der Waals surface area contributed by atoms with Gasteiger partial charge in [-0.25, -0.2) is 9.97 Å². The molecule has 12 rings (SSSR count). The van der Waals surface area contributed by atoms with Crippen LogP contribution >= 0.6 is 11.3 Å². The minimum atomic E-state index is 0.670. The lowest BCUT2D eigenvalue weighted by molar-refractivity contribution is 1.02. The normalized spacial score (nSPS) is 12.1. The zero-order valence-corrected chi connectivity index (χ0v) is 29.8. The van der Waals surface area contributed by atoms with Crippen LogP contribution in [0.15, 0.2) is 176 Å². The standard InChI is InChI=1S/C50H29N3S/c1-3-15-30(16-4-1)32-27-28-41-40(29-32)43-36-22-10-11-23-37(36)44-39-25-13-14-26-42(39)54-49(44)48(43)53(41)50-51-46(31-17-5-2-6-18-31)45-35-21-9-7-19-33(35)34-20-8-12-24-38(34)47(45)52-50/h1-29H. The third kappa shape index (κ3) is 4.11. The van der Waals surface area contributed by atoms with E-state index in [4.69, 9.17) is 9.97 Å². The fourth-order valence-electron chi connectivity index (χ4n) is 8.86. The molecule has 0 radical (unpaired) electrons. The predicted molar refractivity (Wildman–Crippen MR) is 230 cm³/mol. The fraction of sp³-hybridized carbons (Fsp3) is 0. The van der Waals surface area contributed by atoms with Gasteiger partial charge in [-0.15, -0.1) is 11.3 Å². The number of thiophene rings is 1. The van der Waals surface area contributed by atoms with E-state index in [-0.39, 0.29) is 0 Å². The van der Waals surface area contributed by atoms with Crippen molar-refractivity contribution in [2.24, 2.45) is 0 Å². The van der Waals surface area contributed by atoms with Crippen LogP contribution in [-0.2, 0) is 0 Å². The molecule has 0 bridgehead atoms. The van der Waals surface area contributed by atoms with E-state index in [0.717, 1.165) is 44.0 Å². The summed E-state index contributed by atoms with van der Waals surface area (Å²) in [5.74, 6) is 0.670. The number of aromatic nitrogens is 3. The SMILES string of the molecule is c1ccc(-c2ccc3c(c2)c2c4ccccc4c4c5ccccc5sc4c2n3-c2nc(-c3ccccc3)c3c4ccccc4c4ccccc4c3n2)cc1. The molecule has 0 aliphatic rings. The number of hydrogen-bond donors (Lipinski definition) is 0. The van der Waals surface area contributed by atoms with Crippen LogP contribution < -0.4 is 0 Å². The van der Waals surface area contributed by atoms with Gasteiger partial charge in [0.1, 0.15) is 0 Å². The van der Waals surface area contributed by atoms with Crippen molar-refractivity contribution in [3.63, 3.8) is 0 Å². The molecule has 0 N–H and O–H groups in total. The molecule has 250 valence electrons. The largest absolute Gasteiger partial charge is 0.276 e. The summed E-state index contributed by atoms with van der Waals surface area (Å²) in [6.45, 7) is 0. The van der Waals surface area contributed by atoms with Gasteiger partial charge in [-0.3, -0.25) is 4.57 Å². The number of rotatable bonds is 3. The van der Waals surface area contributed by atoms with Crippen molar-refractivity contribution in [2.45, 2.75) is 0 Å². The van der Waals surface area contributed by atoms with Crippen molar-refractivity contribution in [1.82, 2.24) is 14.5 Å². The Labute approximate surface area is 314 Å². The van der Waals surface area contributed by atoms with E-state index in [2.05, 4.69) is 180 Å². The molecule has 54 heavy (non-hydrogen) atoms.